The van der Waals surface area contributed by atoms with Gasteiger partial charge in [-0.3, -0.25) is 4.79 Å². The van der Waals surface area contributed by atoms with Crippen molar-refractivity contribution in [1.29, 1.82) is 0 Å². The maximum Gasteiger partial charge on any atom is 0.193 e. The number of nitrogens with zero attached hydrogens (tertiary/aromatic N) is 2. The second kappa shape index (κ2) is 6.79. The van der Waals surface area contributed by atoms with Gasteiger partial charge in [0, 0.05) is 26.9 Å². The number of hydrogen-bond acceptors (Lipinski definition) is 4. The third-order valence-electron chi connectivity index (χ3n) is 4.18. The minimum Gasteiger partial charge on any atom is -0.353 e. The van der Waals surface area contributed by atoms with Crippen LogP contribution >= 0.6 is 35.4 Å². The molecule has 0 saturated heterocycles. The Labute approximate surface area is 165 Å². The Bertz CT molecular complexity index is 989. The van der Waals surface area contributed by atoms with Gasteiger partial charge >= 0.3 is 0 Å². The third-order valence-corrected chi connectivity index (χ3v) is 4.96. The fraction of sp³-hybridized carbons (Fsp3) is 0.111. The van der Waals surface area contributed by atoms with E-state index in [1.807, 2.05) is 24.3 Å². The van der Waals surface area contributed by atoms with Crippen LogP contribution in [-0.4, -0.2) is 23.0 Å². The molecule has 2 aromatic rings. The van der Waals surface area contributed by atoms with E-state index in [0.29, 0.717) is 26.4 Å². The van der Waals surface area contributed by atoms with Crippen LogP contribution in [0.25, 0.3) is 5.70 Å². The van der Waals surface area contributed by atoms with Crippen LogP contribution in [0.4, 0.5) is 5.69 Å². The molecule has 0 spiro atoms. The number of benzene rings is 2. The van der Waals surface area contributed by atoms with Gasteiger partial charge in [-0.2, -0.15) is 10.2 Å². The van der Waals surface area contributed by atoms with E-state index in [1.54, 1.807) is 24.3 Å². The first-order chi connectivity index (χ1) is 12.5. The summed E-state index contributed by atoms with van der Waals surface area (Å²) in [4.78, 5) is 12.9. The Kier molecular flexibility index (Phi) is 4.48. The zero-order chi connectivity index (χ0) is 18.3. The van der Waals surface area contributed by atoms with E-state index in [2.05, 4.69) is 20.9 Å². The molecule has 130 valence electrons. The summed E-state index contributed by atoms with van der Waals surface area (Å²) in [6.45, 7) is 0. The molecular weight excluding hydrogens is 391 g/mol. The van der Waals surface area contributed by atoms with Crippen LogP contribution in [0.15, 0.2) is 58.8 Å². The van der Waals surface area contributed by atoms with Gasteiger partial charge in [0.15, 0.2) is 16.9 Å². The number of carbonyl (C=O) groups excluding carboxylic acids is 1. The Hall–Kier alpha value is -2.28. The van der Waals surface area contributed by atoms with Crippen molar-refractivity contribution >= 4 is 57.7 Å². The Balaban J connectivity index is 1.71. The highest BCUT2D eigenvalue weighted by atomic mass is 35.5. The minimum atomic E-state index is -0.737. The van der Waals surface area contributed by atoms with Gasteiger partial charge in [-0.25, -0.2) is 0 Å². The first-order valence-corrected chi connectivity index (χ1v) is 8.98. The number of carbonyl (C=O) groups is 1. The topological polar surface area (TPSA) is 65.8 Å². The summed E-state index contributed by atoms with van der Waals surface area (Å²) in [6.07, 6.45) is 1.86. The average Bonchev–Trinajstić information content (AvgIpc) is 2.62. The molecule has 2 aromatic carbocycles. The number of thiocarbonyl (C=S) groups is 1. The van der Waals surface area contributed by atoms with Gasteiger partial charge < -0.3 is 10.6 Å². The zero-order valence-electron chi connectivity index (χ0n) is 13.2. The van der Waals surface area contributed by atoms with Crippen LogP contribution in [-0.2, 0) is 0 Å². The van der Waals surface area contributed by atoms with Gasteiger partial charge in [0.05, 0.1) is 11.7 Å². The summed E-state index contributed by atoms with van der Waals surface area (Å²) in [5, 5.41) is 16.0. The van der Waals surface area contributed by atoms with E-state index in [9.17, 15) is 4.79 Å². The first-order valence-electron chi connectivity index (χ1n) is 7.82. The lowest BCUT2D eigenvalue weighted by Crippen LogP contribution is -2.52. The molecule has 5 nitrogen and oxygen atoms in total. The fourth-order valence-electron chi connectivity index (χ4n) is 2.94. The number of azo groups is 1. The van der Waals surface area contributed by atoms with Gasteiger partial charge in [-0.15, -0.1) is 0 Å². The Morgan fingerprint density at radius 2 is 1.88 bits per heavy atom. The fourth-order valence-corrected chi connectivity index (χ4v) is 3.60. The predicted octanol–water partition coefficient (Wildman–Crippen LogP) is 4.53. The lowest BCUT2D eigenvalue weighted by Gasteiger charge is -2.30. The smallest absolute Gasteiger partial charge is 0.193 e. The quantitative estimate of drug-likeness (QED) is 0.724. The number of halogens is 2. The van der Waals surface area contributed by atoms with Gasteiger partial charge in [0.25, 0.3) is 0 Å². The lowest BCUT2D eigenvalue weighted by atomic mass is 9.94. The molecule has 2 aliphatic rings. The van der Waals surface area contributed by atoms with Crippen molar-refractivity contribution in [2.24, 2.45) is 10.2 Å². The molecule has 8 heteroatoms. The average molecular weight is 403 g/mol. The second-order valence-corrected chi connectivity index (χ2v) is 7.12. The number of rotatable bonds is 2. The van der Waals surface area contributed by atoms with Crippen molar-refractivity contribution < 1.29 is 4.79 Å². The normalized spacial score (nSPS) is 21.5. The summed E-state index contributed by atoms with van der Waals surface area (Å²) in [5.41, 5.74) is 2.50. The molecule has 2 aliphatic heterocycles. The summed E-state index contributed by atoms with van der Waals surface area (Å²) in [7, 11) is 0. The van der Waals surface area contributed by atoms with Crippen LogP contribution in [0.5, 0.6) is 0 Å². The van der Waals surface area contributed by atoms with Crippen LogP contribution in [0.1, 0.15) is 15.9 Å². The number of fused-ring (bicyclic) bond motifs is 1. The monoisotopic (exact) mass is 402 g/mol. The molecule has 0 aliphatic carbocycles. The molecular formula is C18H12Cl2N4OS. The zero-order valence-corrected chi connectivity index (χ0v) is 15.6. The standard InChI is InChI=1S/C18H12Cl2N4OS/c19-9-5-6-13-11(7-9)17(25)16(24-23-13)15-8-14(21-18(26)22-15)10-3-1-2-4-12(10)20/h1-8,15-16H,(H2,21,22,26). The lowest BCUT2D eigenvalue weighted by molar-refractivity contribution is 0.0947. The van der Waals surface area contributed by atoms with Crippen molar-refractivity contribution in [3.05, 3.63) is 69.7 Å². The molecule has 2 atom stereocenters. The maximum absolute atomic E-state index is 12.9. The van der Waals surface area contributed by atoms with Crippen molar-refractivity contribution in [2.75, 3.05) is 0 Å². The summed E-state index contributed by atoms with van der Waals surface area (Å²) in [6, 6.07) is 11.2. The summed E-state index contributed by atoms with van der Waals surface area (Å²) < 4.78 is 0. The van der Waals surface area contributed by atoms with Crippen molar-refractivity contribution in [1.82, 2.24) is 10.6 Å². The molecule has 2 heterocycles. The van der Waals surface area contributed by atoms with Crippen molar-refractivity contribution in [3.63, 3.8) is 0 Å². The van der Waals surface area contributed by atoms with Crippen molar-refractivity contribution in [3.8, 4) is 0 Å². The summed E-state index contributed by atoms with van der Waals surface area (Å²) in [5.74, 6) is -0.158. The van der Waals surface area contributed by atoms with Crippen LogP contribution in [0.3, 0.4) is 0 Å². The van der Waals surface area contributed by atoms with Crippen LogP contribution in [0, 0.1) is 0 Å². The Morgan fingerprint density at radius 1 is 1.08 bits per heavy atom. The molecule has 0 aromatic heterocycles. The number of nitrogens with one attached hydrogen (secondary N) is 2. The largest absolute Gasteiger partial charge is 0.353 e. The molecule has 0 amide bonds. The molecule has 0 saturated carbocycles. The second-order valence-electron chi connectivity index (χ2n) is 5.87. The summed E-state index contributed by atoms with van der Waals surface area (Å²) >= 11 is 17.6. The molecule has 4 rings (SSSR count). The molecule has 2 N–H and O–H groups in total. The van der Waals surface area contributed by atoms with Crippen LogP contribution in [0.2, 0.25) is 10.0 Å². The van der Waals surface area contributed by atoms with Gasteiger partial charge in [0.1, 0.15) is 0 Å². The molecule has 2 unspecified atom stereocenters. The first kappa shape index (κ1) is 17.1. The van der Waals surface area contributed by atoms with E-state index >= 15 is 0 Å². The van der Waals surface area contributed by atoms with Crippen molar-refractivity contribution in [2.45, 2.75) is 12.1 Å². The van der Waals surface area contributed by atoms with Gasteiger partial charge in [-0.05, 0) is 42.6 Å². The SMILES string of the molecule is O=C1c2cc(Cl)ccc2N=NC1C1C=C(c2ccccc2Cl)NC(=S)N1. The molecule has 0 bridgehead atoms. The Morgan fingerprint density at radius 3 is 2.69 bits per heavy atom. The van der Waals surface area contributed by atoms with E-state index in [-0.39, 0.29) is 5.78 Å². The van der Waals surface area contributed by atoms with E-state index in [1.165, 1.54) is 0 Å². The highest BCUT2D eigenvalue weighted by Crippen LogP contribution is 2.32. The molecule has 26 heavy (non-hydrogen) atoms. The molecule has 0 radical (unpaired) electrons. The number of ketones is 1. The van der Waals surface area contributed by atoms with E-state index in [0.717, 1.165) is 11.3 Å². The number of hydrogen-bond donors (Lipinski definition) is 2. The van der Waals surface area contributed by atoms with E-state index in [4.69, 9.17) is 35.4 Å². The van der Waals surface area contributed by atoms with Gasteiger partial charge in [0.2, 0.25) is 0 Å². The minimum absolute atomic E-state index is 0.158. The maximum atomic E-state index is 12.9. The highest BCUT2D eigenvalue weighted by molar-refractivity contribution is 7.80. The van der Waals surface area contributed by atoms with E-state index < -0.39 is 12.1 Å². The van der Waals surface area contributed by atoms with Crippen LogP contribution < -0.4 is 10.6 Å². The third kappa shape index (κ3) is 3.11. The van der Waals surface area contributed by atoms with Gasteiger partial charge in [-0.1, -0.05) is 41.4 Å². The highest BCUT2D eigenvalue weighted by Gasteiger charge is 2.35. The number of Topliss-reactive ketones (excluding diaryl/α,β-unsaturated/α-hetero) is 1. The predicted molar refractivity (Wildman–Crippen MR) is 106 cm³/mol. The molecule has 0 fully saturated rings.